The lowest BCUT2D eigenvalue weighted by molar-refractivity contribution is -0.146. The second kappa shape index (κ2) is 12.5. The van der Waals surface area contributed by atoms with Crippen molar-refractivity contribution in [1.29, 1.82) is 0 Å². The van der Waals surface area contributed by atoms with E-state index in [2.05, 4.69) is 14.9 Å². The molecule has 1 saturated heterocycles. The third kappa shape index (κ3) is 6.52. The van der Waals surface area contributed by atoms with Gasteiger partial charge in [0, 0.05) is 30.1 Å². The number of carbonyl (C=O) groups is 1. The van der Waals surface area contributed by atoms with Crippen molar-refractivity contribution in [2.75, 3.05) is 32.5 Å². The van der Waals surface area contributed by atoms with E-state index in [1.807, 2.05) is 24.3 Å². The molecule has 0 bridgehead atoms. The molecule has 1 fully saturated rings. The Morgan fingerprint density at radius 3 is 2.92 bits per heavy atom. The standard InChI is InChI=1S/C27H32FN3O4S/c1-35-19-6-7-24-21(16-19)20(9-12-29-24)25(32)8-5-18-10-14-31(17-22(18)27(33)34)13-3-15-36-26-23(28)4-2-11-30-26/h2,4,6-7,9,11-12,16,18,22,25,32H,3,5,8,10,13-15,17H2,1H3,(H,33,34)/t18-,22+,25-/m1/s1. The number of rotatable bonds is 11. The maximum absolute atomic E-state index is 13.7. The highest BCUT2D eigenvalue weighted by Crippen LogP contribution is 2.34. The Morgan fingerprint density at radius 2 is 2.14 bits per heavy atom. The van der Waals surface area contributed by atoms with Crippen molar-refractivity contribution < 1.29 is 24.1 Å². The third-order valence-electron chi connectivity index (χ3n) is 6.89. The van der Waals surface area contributed by atoms with Gasteiger partial charge in [0.05, 0.1) is 24.6 Å². The second-order valence-corrected chi connectivity index (χ2v) is 10.2. The predicted molar refractivity (Wildman–Crippen MR) is 138 cm³/mol. The first-order chi connectivity index (χ1) is 17.5. The van der Waals surface area contributed by atoms with Gasteiger partial charge in [-0.1, -0.05) is 0 Å². The van der Waals surface area contributed by atoms with Crippen molar-refractivity contribution >= 4 is 28.6 Å². The zero-order valence-electron chi connectivity index (χ0n) is 20.3. The summed E-state index contributed by atoms with van der Waals surface area (Å²) in [6.07, 6.45) is 5.28. The Hall–Kier alpha value is -2.75. The molecule has 1 aromatic carbocycles. The Balaban J connectivity index is 1.30. The van der Waals surface area contributed by atoms with Gasteiger partial charge in [-0.2, -0.15) is 0 Å². The summed E-state index contributed by atoms with van der Waals surface area (Å²) in [6, 6.07) is 10.4. The van der Waals surface area contributed by atoms with Crippen LogP contribution in [0.25, 0.3) is 10.9 Å². The monoisotopic (exact) mass is 513 g/mol. The first-order valence-electron chi connectivity index (χ1n) is 12.3. The van der Waals surface area contributed by atoms with Crippen molar-refractivity contribution in [2.45, 2.75) is 36.8 Å². The Kier molecular flexibility index (Phi) is 9.12. The average Bonchev–Trinajstić information content (AvgIpc) is 2.90. The van der Waals surface area contributed by atoms with Crippen molar-refractivity contribution in [3.05, 3.63) is 60.2 Å². The summed E-state index contributed by atoms with van der Waals surface area (Å²) >= 11 is 1.39. The molecule has 2 N–H and O–H groups in total. The van der Waals surface area contributed by atoms with Crippen LogP contribution in [0.3, 0.4) is 0 Å². The number of methoxy groups -OCH3 is 1. The first kappa shape index (κ1) is 26.3. The number of carboxylic acids is 1. The van der Waals surface area contributed by atoms with Gasteiger partial charge in [-0.05, 0) is 86.7 Å². The molecule has 7 nitrogen and oxygen atoms in total. The number of carboxylic acid groups (broad SMARTS) is 1. The number of benzene rings is 1. The molecule has 1 aliphatic rings. The third-order valence-corrected chi connectivity index (χ3v) is 7.96. The van der Waals surface area contributed by atoms with Crippen LogP contribution in [0.15, 0.2) is 53.8 Å². The number of aliphatic hydroxyl groups excluding tert-OH is 1. The summed E-state index contributed by atoms with van der Waals surface area (Å²) in [5, 5.41) is 22.1. The summed E-state index contributed by atoms with van der Waals surface area (Å²) in [5.74, 6) is -0.138. The van der Waals surface area contributed by atoms with Crippen LogP contribution in [0, 0.1) is 17.7 Å². The van der Waals surface area contributed by atoms with Crippen LogP contribution < -0.4 is 4.74 Å². The Labute approximate surface area is 214 Å². The number of aromatic nitrogens is 2. The molecule has 3 aromatic rings. The maximum Gasteiger partial charge on any atom is 0.308 e. The van der Waals surface area contributed by atoms with E-state index in [-0.39, 0.29) is 11.7 Å². The van der Waals surface area contributed by atoms with Crippen LogP contribution in [-0.2, 0) is 4.79 Å². The molecule has 4 rings (SSSR count). The van der Waals surface area contributed by atoms with Gasteiger partial charge in [-0.15, -0.1) is 11.8 Å². The summed E-state index contributed by atoms with van der Waals surface area (Å²) in [4.78, 5) is 22.7. The van der Waals surface area contributed by atoms with Gasteiger partial charge in [-0.3, -0.25) is 9.78 Å². The van der Waals surface area contributed by atoms with E-state index in [9.17, 15) is 19.4 Å². The molecule has 0 unspecified atom stereocenters. The molecule has 9 heteroatoms. The van der Waals surface area contributed by atoms with E-state index in [1.54, 1.807) is 25.6 Å². The molecule has 2 aromatic heterocycles. The summed E-state index contributed by atoms with van der Waals surface area (Å²) in [5.41, 5.74) is 1.57. The fourth-order valence-electron chi connectivity index (χ4n) is 4.92. The number of nitrogens with zero attached hydrogens (tertiary/aromatic N) is 3. The zero-order valence-corrected chi connectivity index (χ0v) is 21.2. The van der Waals surface area contributed by atoms with E-state index in [1.165, 1.54) is 17.8 Å². The van der Waals surface area contributed by atoms with Crippen molar-refractivity contribution in [3.63, 3.8) is 0 Å². The lowest BCUT2D eigenvalue weighted by Gasteiger charge is -2.37. The van der Waals surface area contributed by atoms with Crippen LogP contribution in [0.2, 0.25) is 0 Å². The smallest absolute Gasteiger partial charge is 0.308 e. The SMILES string of the molecule is COc1ccc2nccc([C@H](O)CC[C@@H]3CCN(CCCSc4ncccc4F)C[C@@H]3C(=O)O)c2c1. The normalized spacial score (nSPS) is 19.3. The first-order valence-corrected chi connectivity index (χ1v) is 13.2. The molecular formula is C27H32FN3O4S. The second-order valence-electron chi connectivity index (χ2n) is 9.16. The van der Waals surface area contributed by atoms with Gasteiger partial charge in [0.1, 0.15) is 10.8 Å². The number of pyridine rings is 2. The van der Waals surface area contributed by atoms with Gasteiger partial charge < -0.3 is 19.8 Å². The Morgan fingerprint density at radius 1 is 1.28 bits per heavy atom. The zero-order chi connectivity index (χ0) is 25.5. The lowest BCUT2D eigenvalue weighted by atomic mass is 9.81. The van der Waals surface area contributed by atoms with E-state index < -0.39 is 18.0 Å². The lowest BCUT2D eigenvalue weighted by Crippen LogP contribution is -2.44. The summed E-state index contributed by atoms with van der Waals surface area (Å²) < 4.78 is 19.0. The molecule has 0 saturated carbocycles. The van der Waals surface area contributed by atoms with Crippen LogP contribution in [0.4, 0.5) is 4.39 Å². The number of hydrogen-bond donors (Lipinski definition) is 2. The number of piperidine rings is 1. The highest BCUT2D eigenvalue weighted by molar-refractivity contribution is 7.99. The number of halogens is 1. The highest BCUT2D eigenvalue weighted by Gasteiger charge is 2.34. The summed E-state index contributed by atoms with van der Waals surface area (Å²) in [7, 11) is 1.60. The molecular weight excluding hydrogens is 481 g/mol. The number of fused-ring (bicyclic) bond motifs is 1. The predicted octanol–water partition coefficient (Wildman–Crippen LogP) is 4.80. The van der Waals surface area contributed by atoms with E-state index in [0.29, 0.717) is 30.2 Å². The molecule has 3 heterocycles. The minimum absolute atomic E-state index is 0.00743. The molecule has 1 aliphatic heterocycles. The van der Waals surface area contributed by atoms with Gasteiger partial charge in [-0.25, -0.2) is 9.37 Å². The van der Waals surface area contributed by atoms with Crippen molar-refractivity contribution in [2.24, 2.45) is 11.8 Å². The van der Waals surface area contributed by atoms with E-state index >= 15 is 0 Å². The van der Waals surface area contributed by atoms with Crippen molar-refractivity contribution in [3.8, 4) is 5.75 Å². The number of likely N-dealkylation sites (tertiary alicyclic amines) is 1. The molecule has 36 heavy (non-hydrogen) atoms. The molecule has 0 radical (unpaired) electrons. The fraction of sp³-hybridized carbons (Fsp3) is 0.444. The van der Waals surface area contributed by atoms with Gasteiger partial charge in [0.25, 0.3) is 0 Å². The minimum Gasteiger partial charge on any atom is -0.497 e. The average molecular weight is 514 g/mol. The molecule has 3 atom stereocenters. The van der Waals surface area contributed by atoms with Gasteiger partial charge in [0.2, 0.25) is 0 Å². The largest absolute Gasteiger partial charge is 0.497 e. The number of thioether (sulfide) groups is 1. The molecule has 192 valence electrons. The minimum atomic E-state index is -0.789. The Bertz CT molecular complexity index is 1180. The summed E-state index contributed by atoms with van der Waals surface area (Å²) in [6.45, 7) is 2.09. The van der Waals surface area contributed by atoms with Crippen LogP contribution in [0.5, 0.6) is 5.75 Å². The number of ether oxygens (including phenoxy) is 1. The topological polar surface area (TPSA) is 95.8 Å². The van der Waals surface area contributed by atoms with E-state index in [0.717, 1.165) is 48.2 Å². The number of aliphatic carboxylic acids is 1. The molecule has 0 spiro atoms. The van der Waals surface area contributed by atoms with Crippen molar-refractivity contribution in [1.82, 2.24) is 14.9 Å². The molecule has 0 aliphatic carbocycles. The fourth-order valence-corrected chi connectivity index (χ4v) is 5.73. The van der Waals surface area contributed by atoms with Crippen LogP contribution in [-0.4, -0.2) is 63.5 Å². The maximum atomic E-state index is 13.7. The quantitative estimate of drug-likeness (QED) is 0.279. The van der Waals surface area contributed by atoms with E-state index in [4.69, 9.17) is 4.74 Å². The molecule has 0 amide bonds. The van der Waals surface area contributed by atoms with Crippen LogP contribution >= 0.6 is 11.8 Å². The van der Waals surface area contributed by atoms with Gasteiger partial charge >= 0.3 is 5.97 Å². The number of hydrogen-bond acceptors (Lipinski definition) is 7. The van der Waals surface area contributed by atoms with Crippen LogP contribution in [0.1, 0.15) is 37.4 Å². The van der Waals surface area contributed by atoms with Gasteiger partial charge in [0.15, 0.2) is 5.82 Å². The number of aliphatic hydroxyl groups is 1. The highest BCUT2D eigenvalue weighted by atomic mass is 32.2.